The Morgan fingerprint density at radius 1 is 1.21 bits per heavy atom. The van der Waals surface area contributed by atoms with Crippen LogP contribution in [0.3, 0.4) is 0 Å². The number of anilines is 1. The van der Waals surface area contributed by atoms with Gasteiger partial charge in [-0.2, -0.15) is 0 Å². The lowest BCUT2D eigenvalue weighted by Crippen LogP contribution is -2.40. The largest absolute Gasteiger partial charge is 0.482 e. The SMILES string of the molecule is CC[C@H](C)[C@H](N=C1NS(=O)(=O)c2ccccc21)C(=O)NC(C)c1ccc2c(c1)NC(=O)CO2. The van der Waals surface area contributed by atoms with Gasteiger partial charge in [-0.05, 0) is 42.7 Å². The summed E-state index contributed by atoms with van der Waals surface area (Å²) in [5.74, 6) is 0.0766. The molecule has 0 bridgehead atoms. The molecule has 0 saturated carbocycles. The van der Waals surface area contributed by atoms with Gasteiger partial charge in [0.05, 0.1) is 16.6 Å². The lowest BCUT2D eigenvalue weighted by Gasteiger charge is -2.24. The van der Waals surface area contributed by atoms with Gasteiger partial charge < -0.3 is 15.4 Å². The van der Waals surface area contributed by atoms with Gasteiger partial charge in [0.2, 0.25) is 5.91 Å². The number of carbonyl (C=O) groups excluding carboxylic acids is 2. The normalized spacial score (nSPS) is 19.8. The third kappa shape index (κ3) is 4.56. The number of amides is 2. The summed E-state index contributed by atoms with van der Waals surface area (Å²) in [5.41, 5.74) is 1.80. The molecule has 2 aliphatic heterocycles. The predicted molar refractivity (Wildman–Crippen MR) is 124 cm³/mol. The molecule has 0 aromatic heterocycles. The Kier molecular flexibility index (Phi) is 6.11. The highest BCUT2D eigenvalue weighted by Crippen LogP contribution is 2.31. The molecule has 0 radical (unpaired) electrons. The smallest absolute Gasteiger partial charge is 0.263 e. The number of fused-ring (bicyclic) bond motifs is 2. The van der Waals surface area contributed by atoms with Crippen LogP contribution in [-0.4, -0.2) is 38.7 Å². The molecule has 2 aliphatic rings. The summed E-state index contributed by atoms with van der Waals surface area (Å²) in [4.78, 5) is 29.5. The fraction of sp³-hybridized carbons (Fsp3) is 0.348. The minimum Gasteiger partial charge on any atom is -0.482 e. The first-order valence-corrected chi connectivity index (χ1v) is 12.2. The molecule has 2 aromatic rings. The van der Waals surface area contributed by atoms with Crippen molar-refractivity contribution in [3.05, 3.63) is 53.6 Å². The molecule has 1 unspecified atom stereocenters. The fourth-order valence-corrected chi connectivity index (χ4v) is 5.03. The van der Waals surface area contributed by atoms with E-state index in [4.69, 9.17) is 4.74 Å². The summed E-state index contributed by atoms with van der Waals surface area (Å²) in [5, 5.41) is 5.73. The van der Waals surface area contributed by atoms with Gasteiger partial charge >= 0.3 is 0 Å². The monoisotopic (exact) mass is 470 g/mol. The lowest BCUT2D eigenvalue weighted by atomic mass is 9.97. The van der Waals surface area contributed by atoms with E-state index in [0.29, 0.717) is 23.4 Å². The molecule has 3 atom stereocenters. The number of nitrogens with one attached hydrogen (secondary N) is 3. The first kappa shape index (κ1) is 22.8. The first-order valence-electron chi connectivity index (χ1n) is 10.8. The van der Waals surface area contributed by atoms with Crippen molar-refractivity contribution in [2.24, 2.45) is 10.9 Å². The van der Waals surface area contributed by atoms with Crippen molar-refractivity contribution in [3.63, 3.8) is 0 Å². The van der Waals surface area contributed by atoms with E-state index in [1.165, 1.54) is 6.07 Å². The van der Waals surface area contributed by atoms with E-state index in [0.717, 1.165) is 5.56 Å². The van der Waals surface area contributed by atoms with Crippen molar-refractivity contribution < 1.29 is 22.7 Å². The number of hydrogen-bond acceptors (Lipinski definition) is 6. The Labute approximate surface area is 192 Å². The summed E-state index contributed by atoms with van der Waals surface area (Å²) < 4.78 is 32.7. The third-order valence-electron chi connectivity index (χ3n) is 5.88. The van der Waals surface area contributed by atoms with Crippen LogP contribution in [0, 0.1) is 5.92 Å². The van der Waals surface area contributed by atoms with E-state index >= 15 is 0 Å². The Hall–Kier alpha value is -3.40. The molecule has 33 heavy (non-hydrogen) atoms. The van der Waals surface area contributed by atoms with Gasteiger partial charge in [0, 0.05) is 5.56 Å². The van der Waals surface area contributed by atoms with Crippen molar-refractivity contribution in [1.29, 1.82) is 0 Å². The highest BCUT2D eigenvalue weighted by molar-refractivity contribution is 7.90. The summed E-state index contributed by atoms with van der Waals surface area (Å²) in [6.07, 6.45) is 0.680. The number of amidine groups is 1. The van der Waals surface area contributed by atoms with Gasteiger partial charge in [-0.25, -0.2) is 8.42 Å². The molecule has 0 spiro atoms. The Morgan fingerprint density at radius 2 is 1.97 bits per heavy atom. The Bertz CT molecular complexity index is 1240. The highest BCUT2D eigenvalue weighted by atomic mass is 32.2. The molecular formula is C23H26N4O5S. The number of aliphatic imine (C=N–C) groups is 1. The maximum absolute atomic E-state index is 13.2. The van der Waals surface area contributed by atoms with Crippen molar-refractivity contribution in [1.82, 2.24) is 10.0 Å². The van der Waals surface area contributed by atoms with Crippen LogP contribution in [0.2, 0.25) is 0 Å². The highest BCUT2D eigenvalue weighted by Gasteiger charge is 2.33. The van der Waals surface area contributed by atoms with Crippen LogP contribution in [0.5, 0.6) is 5.75 Å². The molecule has 2 aromatic carbocycles. The van der Waals surface area contributed by atoms with Crippen LogP contribution in [0.15, 0.2) is 52.4 Å². The molecule has 2 heterocycles. The van der Waals surface area contributed by atoms with Crippen LogP contribution >= 0.6 is 0 Å². The molecule has 0 fully saturated rings. The van der Waals surface area contributed by atoms with E-state index in [1.54, 1.807) is 30.3 Å². The standard InChI is InChI=1S/C23H26N4O5S/c1-4-13(2)21(26-22-16-7-5-6-8-19(16)33(30,31)27-22)23(29)24-14(3)15-9-10-18-17(11-15)25-20(28)12-32-18/h5-11,13-14,21H,4,12H2,1-3H3,(H,24,29)(H,25,28)(H,26,27)/t13-,14?,21-/m0/s1. The second kappa shape index (κ2) is 8.86. The molecule has 0 aliphatic carbocycles. The van der Waals surface area contributed by atoms with Gasteiger partial charge in [-0.1, -0.05) is 38.5 Å². The topological polar surface area (TPSA) is 126 Å². The summed E-state index contributed by atoms with van der Waals surface area (Å²) in [6.45, 7) is 5.66. The van der Waals surface area contributed by atoms with Gasteiger partial charge in [0.25, 0.3) is 15.9 Å². The molecule has 3 N–H and O–H groups in total. The number of hydrogen-bond donors (Lipinski definition) is 3. The lowest BCUT2D eigenvalue weighted by molar-refractivity contribution is -0.124. The second-order valence-electron chi connectivity index (χ2n) is 8.23. The van der Waals surface area contributed by atoms with Gasteiger partial charge in [-0.3, -0.25) is 19.3 Å². The molecule has 10 heteroatoms. The zero-order valence-corrected chi connectivity index (χ0v) is 19.4. The van der Waals surface area contributed by atoms with E-state index in [1.807, 2.05) is 26.8 Å². The molecule has 2 amide bonds. The zero-order chi connectivity index (χ0) is 23.8. The van der Waals surface area contributed by atoms with Crippen LogP contribution in [0.25, 0.3) is 0 Å². The quantitative estimate of drug-likeness (QED) is 0.598. The average molecular weight is 471 g/mol. The Balaban J connectivity index is 1.58. The van der Waals surface area contributed by atoms with Gasteiger partial charge in [-0.15, -0.1) is 0 Å². The van der Waals surface area contributed by atoms with Crippen LogP contribution < -0.4 is 20.1 Å². The van der Waals surface area contributed by atoms with Crippen molar-refractivity contribution >= 4 is 33.4 Å². The summed E-state index contributed by atoms with van der Waals surface area (Å²) in [6, 6.07) is 10.7. The van der Waals surface area contributed by atoms with Gasteiger partial charge in [0.15, 0.2) is 6.61 Å². The number of ether oxygens (including phenoxy) is 1. The molecule has 4 rings (SSSR count). The number of rotatable bonds is 6. The summed E-state index contributed by atoms with van der Waals surface area (Å²) >= 11 is 0. The number of nitrogens with zero attached hydrogens (tertiary/aromatic N) is 1. The van der Waals surface area contributed by atoms with E-state index in [-0.39, 0.29) is 41.1 Å². The molecule has 9 nitrogen and oxygen atoms in total. The van der Waals surface area contributed by atoms with Crippen molar-refractivity contribution in [2.45, 2.75) is 44.2 Å². The molecular weight excluding hydrogens is 444 g/mol. The van der Waals surface area contributed by atoms with Crippen LogP contribution in [-0.2, 0) is 19.6 Å². The molecule has 174 valence electrons. The maximum atomic E-state index is 13.2. The minimum atomic E-state index is -3.70. The zero-order valence-electron chi connectivity index (χ0n) is 18.6. The maximum Gasteiger partial charge on any atom is 0.263 e. The van der Waals surface area contributed by atoms with Crippen molar-refractivity contribution in [2.75, 3.05) is 11.9 Å². The van der Waals surface area contributed by atoms with Crippen molar-refractivity contribution in [3.8, 4) is 5.75 Å². The Morgan fingerprint density at radius 3 is 2.73 bits per heavy atom. The first-order chi connectivity index (χ1) is 15.7. The van der Waals surface area contributed by atoms with Crippen LogP contribution in [0.1, 0.15) is 44.4 Å². The fourth-order valence-electron chi connectivity index (χ4n) is 3.79. The predicted octanol–water partition coefficient (Wildman–Crippen LogP) is 2.35. The second-order valence-corrected chi connectivity index (χ2v) is 9.88. The van der Waals surface area contributed by atoms with E-state index in [9.17, 15) is 18.0 Å². The summed E-state index contributed by atoms with van der Waals surface area (Å²) in [7, 11) is -3.70. The van der Waals surface area contributed by atoms with E-state index < -0.39 is 16.1 Å². The number of carbonyl (C=O) groups is 2. The minimum absolute atomic E-state index is 0.0254. The van der Waals surface area contributed by atoms with E-state index in [2.05, 4.69) is 20.3 Å². The number of benzene rings is 2. The number of sulfonamides is 1. The average Bonchev–Trinajstić information content (AvgIpc) is 3.06. The van der Waals surface area contributed by atoms with Crippen LogP contribution in [0.4, 0.5) is 5.69 Å². The molecule has 0 saturated heterocycles. The van der Waals surface area contributed by atoms with Gasteiger partial charge in [0.1, 0.15) is 17.6 Å². The third-order valence-corrected chi connectivity index (χ3v) is 7.27.